The van der Waals surface area contributed by atoms with Crippen molar-refractivity contribution in [2.45, 2.75) is 31.9 Å². The van der Waals surface area contributed by atoms with Gasteiger partial charge in [0, 0.05) is 19.2 Å². The lowest BCUT2D eigenvalue weighted by Crippen LogP contribution is -2.36. The second kappa shape index (κ2) is 6.51. The molecule has 1 aliphatic rings. The van der Waals surface area contributed by atoms with Gasteiger partial charge in [-0.05, 0) is 12.8 Å². The number of carbonyl (C=O) groups is 1. The van der Waals surface area contributed by atoms with E-state index < -0.39 is 5.97 Å². The molecule has 0 saturated carbocycles. The molecule has 100 valence electrons. The van der Waals surface area contributed by atoms with Crippen LogP contribution in [0.15, 0.2) is 16.8 Å². The third kappa shape index (κ3) is 4.12. The molecule has 1 aromatic rings. The fourth-order valence-corrected chi connectivity index (χ4v) is 2.09. The van der Waals surface area contributed by atoms with E-state index in [0.29, 0.717) is 6.61 Å². The third-order valence-corrected chi connectivity index (χ3v) is 3.07. The van der Waals surface area contributed by atoms with Crippen molar-refractivity contribution in [2.75, 3.05) is 19.7 Å². The van der Waals surface area contributed by atoms with Crippen molar-refractivity contribution in [3.05, 3.63) is 18.0 Å². The Morgan fingerprint density at radius 3 is 2.94 bits per heavy atom. The SMILES string of the molecule is O=C(O)CCOC1CCN(Cc2ccno2)CC1. The molecule has 0 radical (unpaired) electrons. The van der Waals surface area contributed by atoms with Crippen molar-refractivity contribution in [3.8, 4) is 0 Å². The second-order valence-corrected chi connectivity index (χ2v) is 4.47. The van der Waals surface area contributed by atoms with Crippen LogP contribution in [0.1, 0.15) is 25.0 Å². The molecular formula is C12H18N2O4. The Kier molecular flexibility index (Phi) is 4.72. The van der Waals surface area contributed by atoms with Crippen LogP contribution < -0.4 is 0 Å². The summed E-state index contributed by atoms with van der Waals surface area (Å²) in [6, 6.07) is 1.87. The van der Waals surface area contributed by atoms with Crippen LogP contribution in [-0.4, -0.2) is 46.9 Å². The minimum Gasteiger partial charge on any atom is -0.481 e. The Hall–Kier alpha value is -1.40. The molecule has 0 aliphatic carbocycles. The summed E-state index contributed by atoms with van der Waals surface area (Å²) in [5.74, 6) is 0.0676. The monoisotopic (exact) mass is 254 g/mol. The first kappa shape index (κ1) is 13.0. The summed E-state index contributed by atoms with van der Waals surface area (Å²) in [6.45, 7) is 2.97. The van der Waals surface area contributed by atoms with Crippen molar-refractivity contribution >= 4 is 5.97 Å². The zero-order chi connectivity index (χ0) is 12.8. The molecule has 0 amide bonds. The average Bonchev–Trinajstić information content (AvgIpc) is 2.84. The van der Waals surface area contributed by atoms with Crippen molar-refractivity contribution in [1.82, 2.24) is 10.1 Å². The Morgan fingerprint density at radius 1 is 1.56 bits per heavy atom. The van der Waals surface area contributed by atoms with E-state index in [1.807, 2.05) is 6.07 Å². The maximum Gasteiger partial charge on any atom is 0.305 e. The number of carboxylic acid groups (broad SMARTS) is 1. The van der Waals surface area contributed by atoms with E-state index in [1.165, 1.54) is 0 Å². The molecule has 6 nitrogen and oxygen atoms in total. The van der Waals surface area contributed by atoms with Gasteiger partial charge in [0.2, 0.25) is 0 Å². The predicted molar refractivity (Wildman–Crippen MR) is 63.0 cm³/mol. The first-order valence-corrected chi connectivity index (χ1v) is 6.19. The van der Waals surface area contributed by atoms with E-state index in [4.69, 9.17) is 14.4 Å². The van der Waals surface area contributed by atoms with Crippen LogP contribution in [0.2, 0.25) is 0 Å². The summed E-state index contributed by atoms with van der Waals surface area (Å²) in [6.07, 6.45) is 3.80. The third-order valence-electron chi connectivity index (χ3n) is 3.07. The number of aromatic nitrogens is 1. The van der Waals surface area contributed by atoms with Crippen LogP contribution in [0.5, 0.6) is 0 Å². The highest BCUT2D eigenvalue weighted by atomic mass is 16.5. The molecule has 1 fully saturated rings. The number of nitrogens with zero attached hydrogens (tertiary/aromatic N) is 2. The molecule has 0 spiro atoms. The van der Waals surface area contributed by atoms with Crippen LogP contribution in [-0.2, 0) is 16.1 Å². The topological polar surface area (TPSA) is 75.8 Å². The number of piperidine rings is 1. The molecule has 0 aromatic carbocycles. The summed E-state index contributed by atoms with van der Waals surface area (Å²) >= 11 is 0. The van der Waals surface area contributed by atoms with Crippen LogP contribution in [0.3, 0.4) is 0 Å². The summed E-state index contributed by atoms with van der Waals surface area (Å²) in [5.41, 5.74) is 0. The van der Waals surface area contributed by atoms with Gasteiger partial charge in [-0.3, -0.25) is 9.69 Å². The summed E-state index contributed by atoms with van der Waals surface area (Å²) in [7, 11) is 0. The number of hydrogen-bond acceptors (Lipinski definition) is 5. The molecular weight excluding hydrogens is 236 g/mol. The van der Waals surface area contributed by atoms with Crippen molar-refractivity contribution in [1.29, 1.82) is 0 Å². The first-order chi connectivity index (χ1) is 8.74. The maximum absolute atomic E-state index is 10.4. The van der Waals surface area contributed by atoms with Crippen molar-refractivity contribution in [2.24, 2.45) is 0 Å². The summed E-state index contributed by atoms with van der Waals surface area (Å²) in [5, 5.41) is 12.2. The Bertz CT molecular complexity index is 358. The Balaban J connectivity index is 1.63. The molecule has 18 heavy (non-hydrogen) atoms. The normalized spacial score (nSPS) is 18.0. The number of rotatable bonds is 6. The van der Waals surface area contributed by atoms with E-state index >= 15 is 0 Å². The molecule has 0 bridgehead atoms. The molecule has 0 atom stereocenters. The minimum absolute atomic E-state index is 0.0816. The highest BCUT2D eigenvalue weighted by molar-refractivity contribution is 5.66. The van der Waals surface area contributed by atoms with Crippen LogP contribution >= 0.6 is 0 Å². The number of ether oxygens (including phenoxy) is 1. The fraction of sp³-hybridized carbons (Fsp3) is 0.667. The zero-order valence-electron chi connectivity index (χ0n) is 10.2. The van der Waals surface area contributed by atoms with Gasteiger partial charge in [-0.1, -0.05) is 5.16 Å². The highest BCUT2D eigenvalue weighted by Gasteiger charge is 2.20. The molecule has 2 rings (SSSR count). The van der Waals surface area contributed by atoms with Gasteiger partial charge in [-0.25, -0.2) is 0 Å². The fourth-order valence-electron chi connectivity index (χ4n) is 2.09. The molecule has 1 N–H and O–H groups in total. The second-order valence-electron chi connectivity index (χ2n) is 4.47. The average molecular weight is 254 g/mol. The molecule has 1 aliphatic heterocycles. The van der Waals surface area contributed by atoms with Crippen molar-refractivity contribution < 1.29 is 19.2 Å². The van der Waals surface area contributed by atoms with Gasteiger partial charge < -0.3 is 14.4 Å². The van der Waals surface area contributed by atoms with Crippen LogP contribution in [0.4, 0.5) is 0 Å². The molecule has 0 unspecified atom stereocenters. The van der Waals surface area contributed by atoms with Gasteiger partial charge in [-0.15, -0.1) is 0 Å². The van der Waals surface area contributed by atoms with E-state index in [1.54, 1.807) is 6.20 Å². The van der Waals surface area contributed by atoms with Gasteiger partial charge in [-0.2, -0.15) is 0 Å². The lowest BCUT2D eigenvalue weighted by Gasteiger charge is -2.31. The molecule has 1 saturated heterocycles. The zero-order valence-corrected chi connectivity index (χ0v) is 10.2. The van der Waals surface area contributed by atoms with E-state index in [-0.39, 0.29) is 12.5 Å². The minimum atomic E-state index is -0.808. The molecule has 2 heterocycles. The lowest BCUT2D eigenvalue weighted by atomic mass is 10.1. The first-order valence-electron chi connectivity index (χ1n) is 6.19. The summed E-state index contributed by atoms with van der Waals surface area (Å²) < 4.78 is 10.6. The highest BCUT2D eigenvalue weighted by Crippen LogP contribution is 2.16. The van der Waals surface area contributed by atoms with Gasteiger partial charge in [0.05, 0.1) is 31.9 Å². The van der Waals surface area contributed by atoms with Gasteiger partial charge in [0.1, 0.15) is 0 Å². The van der Waals surface area contributed by atoms with Gasteiger partial charge in [0.15, 0.2) is 5.76 Å². The number of carboxylic acids is 1. The quantitative estimate of drug-likeness (QED) is 0.820. The number of hydrogen-bond donors (Lipinski definition) is 1. The number of aliphatic carboxylic acids is 1. The van der Waals surface area contributed by atoms with E-state index in [9.17, 15) is 4.79 Å². The molecule has 6 heteroatoms. The van der Waals surface area contributed by atoms with Crippen LogP contribution in [0, 0.1) is 0 Å². The van der Waals surface area contributed by atoms with Crippen molar-refractivity contribution in [3.63, 3.8) is 0 Å². The lowest BCUT2D eigenvalue weighted by molar-refractivity contribution is -0.138. The van der Waals surface area contributed by atoms with Gasteiger partial charge >= 0.3 is 5.97 Å². The Labute approximate surface area is 106 Å². The summed E-state index contributed by atoms with van der Waals surface area (Å²) in [4.78, 5) is 12.7. The van der Waals surface area contributed by atoms with Crippen LogP contribution in [0.25, 0.3) is 0 Å². The maximum atomic E-state index is 10.4. The number of likely N-dealkylation sites (tertiary alicyclic amines) is 1. The van der Waals surface area contributed by atoms with Gasteiger partial charge in [0.25, 0.3) is 0 Å². The smallest absolute Gasteiger partial charge is 0.305 e. The predicted octanol–water partition coefficient (Wildman–Crippen LogP) is 1.13. The van der Waals surface area contributed by atoms with E-state index in [2.05, 4.69) is 10.1 Å². The molecule has 1 aromatic heterocycles. The Morgan fingerprint density at radius 2 is 2.33 bits per heavy atom. The largest absolute Gasteiger partial charge is 0.481 e. The standard InChI is InChI=1S/C12H18N2O4/c15-12(16)4-8-17-10-2-6-14(7-3-10)9-11-1-5-13-18-11/h1,5,10H,2-4,6-9H2,(H,15,16). The van der Waals surface area contributed by atoms with E-state index in [0.717, 1.165) is 38.2 Å².